The summed E-state index contributed by atoms with van der Waals surface area (Å²) in [6, 6.07) is 0. The minimum Gasteiger partial charge on any atom is -0.462 e. The van der Waals surface area contributed by atoms with Gasteiger partial charge in [0.05, 0.1) is 17.9 Å². The minimum atomic E-state index is -0.343. The number of hydrogen-bond donors (Lipinski definition) is 1. The molecule has 2 aliphatic rings. The zero-order valence-corrected chi connectivity index (χ0v) is 18.6. The summed E-state index contributed by atoms with van der Waals surface area (Å²) >= 11 is 2.88. The molecule has 0 radical (unpaired) electrons. The van der Waals surface area contributed by atoms with Crippen molar-refractivity contribution in [2.24, 2.45) is 13.0 Å². The molecule has 9 heteroatoms. The topological polar surface area (TPSA) is 86.1 Å². The van der Waals surface area contributed by atoms with Gasteiger partial charge in [-0.15, -0.1) is 21.5 Å². The van der Waals surface area contributed by atoms with Crippen LogP contribution >= 0.6 is 23.1 Å². The Morgan fingerprint density at radius 2 is 2.10 bits per heavy atom. The van der Waals surface area contributed by atoms with E-state index < -0.39 is 0 Å². The Labute approximate surface area is 178 Å². The Morgan fingerprint density at radius 3 is 2.83 bits per heavy atom. The number of ether oxygens (including phenoxy) is 1. The lowest BCUT2D eigenvalue weighted by molar-refractivity contribution is -0.113. The predicted molar refractivity (Wildman–Crippen MR) is 114 cm³/mol. The van der Waals surface area contributed by atoms with Crippen LogP contribution in [0.15, 0.2) is 5.16 Å². The maximum absolute atomic E-state index is 12.6. The fraction of sp³-hybridized carbons (Fsp3) is 0.600. The smallest absolute Gasteiger partial charge is 0.341 e. The lowest BCUT2D eigenvalue weighted by Crippen LogP contribution is -2.18. The molecule has 7 nitrogen and oxygen atoms in total. The van der Waals surface area contributed by atoms with E-state index in [2.05, 4.69) is 22.4 Å². The van der Waals surface area contributed by atoms with E-state index in [4.69, 9.17) is 4.74 Å². The number of nitrogens with one attached hydrogen (secondary N) is 1. The molecule has 0 saturated heterocycles. The van der Waals surface area contributed by atoms with Crippen LogP contribution in [0, 0.1) is 5.92 Å². The van der Waals surface area contributed by atoms with Crippen LogP contribution < -0.4 is 5.32 Å². The lowest BCUT2D eigenvalue weighted by Gasteiger charge is -2.18. The fourth-order valence-electron chi connectivity index (χ4n) is 3.70. The highest BCUT2D eigenvalue weighted by Crippen LogP contribution is 2.41. The predicted octanol–water partition coefficient (Wildman–Crippen LogP) is 3.79. The third kappa shape index (κ3) is 4.35. The number of amides is 1. The number of thiophene rings is 1. The van der Waals surface area contributed by atoms with Gasteiger partial charge in [0, 0.05) is 17.8 Å². The quantitative estimate of drug-likeness (QED) is 0.527. The summed E-state index contributed by atoms with van der Waals surface area (Å²) in [5.74, 6) is 1.83. The van der Waals surface area contributed by atoms with E-state index in [1.54, 1.807) is 6.92 Å². The van der Waals surface area contributed by atoms with Crippen LogP contribution in [0.2, 0.25) is 0 Å². The van der Waals surface area contributed by atoms with Gasteiger partial charge in [-0.2, -0.15) is 0 Å². The van der Waals surface area contributed by atoms with Crippen LogP contribution in [-0.2, 0) is 29.4 Å². The maximum Gasteiger partial charge on any atom is 0.341 e. The van der Waals surface area contributed by atoms with Crippen LogP contribution in [0.25, 0.3) is 0 Å². The first-order valence-corrected chi connectivity index (χ1v) is 11.9. The van der Waals surface area contributed by atoms with Gasteiger partial charge in [-0.3, -0.25) is 4.79 Å². The first kappa shape index (κ1) is 20.4. The molecule has 2 aromatic heterocycles. The number of nitrogens with zero attached hydrogens (tertiary/aromatic N) is 3. The van der Waals surface area contributed by atoms with Gasteiger partial charge < -0.3 is 14.6 Å². The molecule has 29 heavy (non-hydrogen) atoms. The van der Waals surface area contributed by atoms with Crippen molar-refractivity contribution in [3.05, 3.63) is 21.8 Å². The number of carbonyl (C=O) groups is 2. The molecule has 0 aromatic carbocycles. The van der Waals surface area contributed by atoms with Crippen molar-refractivity contribution in [3.8, 4) is 0 Å². The monoisotopic (exact) mass is 434 g/mol. The first-order chi connectivity index (χ1) is 14.0. The normalized spacial score (nSPS) is 18.4. The van der Waals surface area contributed by atoms with Gasteiger partial charge in [0.2, 0.25) is 5.91 Å². The van der Waals surface area contributed by atoms with Crippen LogP contribution in [0.3, 0.4) is 0 Å². The van der Waals surface area contributed by atoms with Gasteiger partial charge in [-0.25, -0.2) is 4.79 Å². The second-order valence-corrected chi connectivity index (χ2v) is 9.83. The number of thioether (sulfide) groups is 1. The zero-order valence-electron chi connectivity index (χ0n) is 17.0. The summed E-state index contributed by atoms with van der Waals surface area (Å²) in [6.45, 7) is 4.33. The SMILES string of the molecule is CCOC(=O)c1c(NC(=O)CSc2nnc(C3CC3)n2C)sc2c1CC[C@@H](C)C2. The number of anilines is 1. The third-order valence-electron chi connectivity index (χ3n) is 5.39. The molecule has 1 atom stereocenters. The van der Waals surface area contributed by atoms with Crippen molar-refractivity contribution in [1.82, 2.24) is 14.8 Å². The van der Waals surface area contributed by atoms with Crippen LogP contribution in [0.4, 0.5) is 5.00 Å². The summed E-state index contributed by atoms with van der Waals surface area (Å²) in [5, 5.41) is 12.8. The highest BCUT2D eigenvalue weighted by molar-refractivity contribution is 7.99. The highest BCUT2D eigenvalue weighted by atomic mass is 32.2. The molecule has 0 unspecified atom stereocenters. The number of fused-ring (bicyclic) bond motifs is 1. The molecule has 1 N–H and O–H groups in total. The van der Waals surface area contributed by atoms with E-state index in [0.717, 1.165) is 48.6 Å². The molecular formula is C20H26N4O3S2. The number of esters is 1. The van der Waals surface area contributed by atoms with Crippen LogP contribution in [-0.4, -0.2) is 39.0 Å². The Kier molecular flexibility index (Phi) is 5.96. The van der Waals surface area contributed by atoms with Crippen molar-refractivity contribution >= 4 is 40.0 Å². The van der Waals surface area contributed by atoms with Crippen molar-refractivity contribution < 1.29 is 14.3 Å². The van der Waals surface area contributed by atoms with Crippen molar-refractivity contribution in [2.45, 2.75) is 57.0 Å². The minimum absolute atomic E-state index is 0.150. The average molecular weight is 435 g/mol. The van der Waals surface area contributed by atoms with E-state index in [-0.39, 0.29) is 17.6 Å². The molecule has 2 aliphatic carbocycles. The van der Waals surface area contributed by atoms with Crippen molar-refractivity contribution in [1.29, 1.82) is 0 Å². The second kappa shape index (κ2) is 8.47. The molecular weight excluding hydrogens is 408 g/mol. The van der Waals surface area contributed by atoms with Gasteiger partial charge in [-0.1, -0.05) is 18.7 Å². The zero-order chi connectivity index (χ0) is 20.5. The summed E-state index contributed by atoms with van der Waals surface area (Å²) in [5.41, 5.74) is 1.60. The number of hydrogen-bond acceptors (Lipinski definition) is 7. The van der Waals surface area contributed by atoms with Crippen molar-refractivity contribution in [3.63, 3.8) is 0 Å². The summed E-state index contributed by atoms with van der Waals surface area (Å²) in [6.07, 6.45) is 5.17. The summed E-state index contributed by atoms with van der Waals surface area (Å²) in [7, 11) is 1.95. The van der Waals surface area contributed by atoms with Gasteiger partial charge in [0.25, 0.3) is 0 Å². The molecule has 0 aliphatic heterocycles. The Morgan fingerprint density at radius 1 is 1.31 bits per heavy atom. The third-order valence-corrected chi connectivity index (χ3v) is 7.58. The van der Waals surface area contributed by atoms with Crippen molar-refractivity contribution in [2.75, 3.05) is 17.7 Å². The first-order valence-electron chi connectivity index (χ1n) is 10.1. The van der Waals surface area contributed by atoms with E-state index in [0.29, 0.717) is 29.0 Å². The summed E-state index contributed by atoms with van der Waals surface area (Å²) in [4.78, 5) is 26.4. The molecule has 0 spiro atoms. The molecule has 156 valence electrons. The van der Waals surface area contributed by atoms with Crippen LogP contribution in [0.1, 0.15) is 65.7 Å². The molecule has 1 saturated carbocycles. The molecule has 1 amide bonds. The number of aromatic nitrogens is 3. The summed E-state index contributed by atoms with van der Waals surface area (Å²) < 4.78 is 7.24. The highest BCUT2D eigenvalue weighted by Gasteiger charge is 2.30. The second-order valence-electron chi connectivity index (χ2n) is 7.79. The molecule has 0 bridgehead atoms. The maximum atomic E-state index is 12.6. The largest absolute Gasteiger partial charge is 0.462 e. The van der Waals surface area contributed by atoms with E-state index in [9.17, 15) is 9.59 Å². The Balaban J connectivity index is 1.46. The van der Waals surface area contributed by atoms with Gasteiger partial charge >= 0.3 is 5.97 Å². The molecule has 2 heterocycles. The average Bonchev–Trinajstić information content (AvgIpc) is 3.36. The molecule has 1 fully saturated rings. The van der Waals surface area contributed by atoms with Gasteiger partial charge in [-0.05, 0) is 50.5 Å². The van der Waals surface area contributed by atoms with Gasteiger partial charge in [0.1, 0.15) is 10.8 Å². The Hall–Kier alpha value is -1.87. The van der Waals surface area contributed by atoms with E-state index in [1.165, 1.54) is 28.0 Å². The molecule has 4 rings (SSSR count). The standard InChI is InChI=1S/C20H26N4O3S2/c1-4-27-19(26)16-13-8-5-11(2)9-14(13)29-18(16)21-15(25)10-28-20-23-22-17(24(20)3)12-6-7-12/h11-12H,4-10H2,1-3H3,(H,21,25)/t11-/m1/s1. The van der Waals surface area contributed by atoms with Crippen LogP contribution in [0.5, 0.6) is 0 Å². The number of rotatable bonds is 7. The van der Waals surface area contributed by atoms with E-state index in [1.807, 2.05) is 11.6 Å². The number of carbonyl (C=O) groups excluding carboxylic acids is 2. The molecule has 2 aromatic rings. The van der Waals surface area contributed by atoms with Gasteiger partial charge in [0.15, 0.2) is 5.16 Å². The van der Waals surface area contributed by atoms with E-state index >= 15 is 0 Å². The lowest BCUT2D eigenvalue weighted by atomic mass is 9.88. The fourth-order valence-corrected chi connectivity index (χ4v) is 5.83. The Bertz CT molecular complexity index is 933.